The van der Waals surface area contributed by atoms with Gasteiger partial charge in [-0.15, -0.1) is 0 Å². The number of carbonyl (C=O) groups is 2. The molecule has 6 nitrogen and oxygen atoms in total. The van der Waals surface area contributed by atoms with Gasteiger partial charge in [0.25, 0.3) is 0 Å². The molecule has 0 aromatic heterocycles. The molecule has 28 heavy (non-hydrogen) atoms. The maximum atomic E-state index is 12.1. The van der Waals surface area contributed by atoms with Gasteiger partial charge < -0.3 is 20.5 Å². The van der Waals surface area contributed by atoms with E-state index in [0.717, 1.165) is 12.0 Å². The summed E-state index contributed by atoms with van der Waals surface area (Å²) in [4.78, 5) is 23.1. The third-order valence-corrected chi connectivity index (χ3v) is 4.00. The fraction of sp³-hybridized carbons (Fsp3) is 0.273. The SMILES string of the molecule is COc1cc(/C=C/C(=O)Nc2ccc(C(N)=O)cc2)ccc1OCCC(C)C. The standard InChI is InChI=1S/C22H26N2O4/c1-15(2)12-13-28-19-10-4-16(14-20(19)27-3)5-11-21(25)24-18-8-6-17(7-9-18)22(23)26/h4-11,14-15H,12-13H2,1-3H3,(H2,23,26)(H,24,25)/b11-5+. The summed E-state index contributed by atoms with van der Waals surface area (Å²) in [6, 6.07) is 11.9. The summed E-state index contributed by atoms with van der Waals surface area (Å²) >= 11 is 0. The topological polar surface area (TPSA) is 90.6 Å². The van der Waals surface area contributed by atoms with Crippen LogP contribution in [0.4, 0.5) is 5.69 Å². The molecule has 0 aliphatic rings. The summed E-state index contributed by atoms with van der Waals surface area (Å²) in [5, 5.41) is 2.72. The molecule has 0 aliphatic heterocycles. The molecule has 2 amide bonds. The zero-order chi connectivity index (χ0) is 20.5. The van der Waals surface area contributed by atoms with Gasteiger partial charge in [0, 0.05) is 17.3 Å². The largest absolute Gasteiger partial charge is 0.493 e. The maximum absolute atomic E-state index is 12.1. The molecule has 0 heterocycles. The molecule has 0 bridgehead atoms. The van der Waals surface area contributed by atoms with E-state index in [2.05, 4.69) is 19.2 Å². The Bertz CT molecular complexity index is 842. The fourth-order valence-electron chi connectivity index (χ4n) is 2.39. The number of rotatable bonds is 9. The third kappa shape index (κ3) is 6.46. The number of anilines is 1. The monoisotopic (exact) mass is 382 g/mol. The van der Waals surface area contributed by atoms with Gasteiger partial charge >= 0.3 is 0 Å². The van der Waals surface area contributed by atoms with Gasteiger partial charge in [-0.3, -0.25) is 9.59 Å². The van der Waals surface area contributed by atoms with E-state index in [1.165, 1.54) is 6.08 Å². The number of amides is 2. The summed E-state index contributed by atoms with van der Waals surface area (Å²) in [6.07, 6.45) is 4.08. The van der Waals surface area contributed by atoms with Crippen molar-refractivity contribution in [2.45, 2.75) is 20.3 Å². The number of primary amides is 1. The van der Waals surface area contributed by atoms with Crippen LogP contribution in [0.3, 0.4) is 0 Å². The van der Waals surface area contributed by atoms with E-state index in [9.17, 15) is 9.59 Å². The number of carbonyl (C=O) groups excluding carboxylic acids is 2. The lowest BCUT2D eigenvalue weighted by molar-refractivity contribution is -0.111. The molecule has 2 rings (SSSR count). The lowest BCUT2D eigenvalue weighted by Crippen LogP contribution is -2.11. The number of hydrogen-bond acceptors (Lipinski definition) is 4. The first-order valence-electron chi connectivity index (χ1n) is 9.09. The zero-order valence-electron chi connectivity index (χ0n) is 16.4. The molecule has 6 heteroatoms. The fourth-order valence-corrected chi connectivity index (χ4v) is 2.39. The second-order valence-corrected chi connectivity index (χ2v) is 6.71. The normalized spacial score (nSPS) is 10.9. The van der Waals surface area contributed by atoms with Gasteiger partial charge in [-0.1, -0.05) is 19.9 Å². The first kappa shape index (κ1) is 21.0. The van der Waals surface area contributed by atoms with Crippen LogP contribution in [0.2, 0.25) is 0 Å². The van der Waals surface area contributed by atoms with Gasteiger partial charge in [0.2, 0.25) is 11.8 Å². The van der Waals surface area contributed by atoms with Gasteiger partial charge in [-0.25, -0.2) is 0 Å². The Balaban J connectivity index is 1.98. The Morgan fingerprint density at radius 3 is 2.43 bits per heavy atom. The van der Waals surface area contributed by atoms with E-state index < -0.39 is 5.91 Å². The Morgan fingerprint density at radius 2 is 1.82 bits per heavy atom. The molecular weight excluding hydrogens is 356 g/mol. The van der Waals surface area contributed by atoms with Gasteiger partial charge in [-0.2, -0.15) is 0 Å². The minimum atomic E-state index is -0.511. The van der Waals surface area contributed by atoms with Crippen LogP contribution in [0.15, 0.2) is 48.5 Å². The zero-order valence-corrected chi connectivity index (χ0v) is 16.4. The van der Waals surface area contributed by atoms with Crippen LogP contribution in [-0.2, 0) is 4.79 Å². The van der Waals surface area contributed by atoms with Gasteiger partial charge in [0.15, 0.2) is 11.5 Å². The second-order valence-electron chi connectivity index (χ2n) is 6.71. The number of hydrogen-bond donors (Lipinski definition) is 2. The average Bonchev–Trinajstić information content (AvgIpc) is 2.67. The summed E-state index contributed by atoms with van der Waals surface area (Å²) in [5.41, 5.74) is 6.97. The van der Waals surface area contributed by atoms with Crippen LogP contribution < -0.4 is 20.5 Å². The van der Waals surface area contributed by atoms with Crippen molar-refractivity contribution in [3.05, 3.63) is 59.7 Å². The molecule has 3 N–H and O–H groups in total. The first-order valence-corrected chi connectivity index (χ1v) is 9.09. The lowest BCUT2D eigenvalue weighted by Gasteiger charge is -2.12. The average molecular weight is 382 g/mol. The Hall–Kier alpha value is -3.28. The van der Waals surface area contributed by atoms with E-state index >= 15 is 0 Å². The van der Waals surface area contributed by atoms with Crippen molar-refractivity contribution in [1.29, 1.82) is 0 Å². The number of ether oxygens (including phenoxy) is 2. The van der Waals surface area contributed by atoms with Crippen LogP contribution in [-0.4, -0.2) is 25.5 Å². The van der Waals surface area contributed by atoms with Crippen molar-refractivity contribution in [3.8, 4) is 11.5 Å². The molecule has 2 aromatic carbocycles. The van der Waals surface area contributed by atoms with Crippen molar-refractivity contribution in [2.75, 3.05) is 19.0 Å². The number of benzene rings is 2. The van der Waals surface area contributed by atoms with Crippen LogP contribution >= 0.6 is 0 Å². The third-order valence-electron chi connectivity index (χ3n) is 4.00. The van der Waals surface area contributed by atoms with Crippen LogP contribution in [0.5, 0.6) is 11.5 Å². The maximum Gasteiger partial charge on any atom is 0.248 e. The molecular formula is C22H26N2O4. The minimum Gasteiger partial charge on any atom is -0.493 e. The predicted molar refractivity (Wildman–Crippen MR) is 111 cm³/mol. The van der Waals surface area contributed by atoms with Crippen molar-refractivity contribution in [3.63, 3.8) is 0 Å². The Kier molecular flexibility index (Phi) is 7.63. The molecule has 0 spiro atoms. The highest BCUT2D eigenvalue weighted by Gasteiger charge is 2.06. The quantitative estimate of drug-likeness (QED) is 0.644. The molecule has 2 aromatic rings. The summed E-state index contributed by atoms with van der Waals surface area (Å²) in [5.74, 6) is 1.07. The van der Waals surface area contributed by atoms with E-state index in [4.69, 9.17) is 15.2 Å². The number of methoxy groups -OCH3 is 1. The smallest absolute Gasteiger partial charge is 0.248 e. The predicted octanol–water partition coefficient (Wildman–Crippen LogP) is 3.87. The highest BCUT2D eigenvalue weighted by molar-refractivity contribution is 6.02. The van der Waals surface area contributed by atoms with Gasteiger partial charge in [-0.05, 0) is 60.4 Å². The summed E-state index contributed by atoms with van der Waals surface area (Å²) in [6.45, 7) is 4.91. The van der Waals surface area contributed by atoms with Crippen LogP contribution in [0.1, 0.15) is 36.2 Å². The van der Waals surface area contributed by atoms with Crippen molar-refractivity contribution < 1.29 is 19.1 Å². The summed E-state index contributed by atoms with van der Waals surface area (Å²) < 4.78 is 11.1. The van der Waals surface area contributed by atoms with Crippen molar-refractivity contribution in [1.82, 2.24) is 0 Å². The summed E-state index contributed by atoms with van der Waals surface area (Å²) in [7, 11) is 1.58. The highest BCUT2D eigenvalue weighted by Crippen LogP contribution is 2.29. The van der Waals surface area contributed by atoms with Crippen molar-refractivity contribution >= 4 is 23.6 Å². The molecule has 0 unspecified atom stereocenters. The van der Waals surface area contributed by atoms with Gasteiger partial charge in [0.1, 0.15) is 0 Å². The van der Waals surface area contributed by atoms with E-state index in [0.29, 0.717) is 35.3 Å². The Labute approximate surface area is 165 Å². The number of nitrogens with one attached hydrogen (secondary N) is 1. The first-order chi connectivity index (χ1) is 13.4. The van der Waals surface area contributed by atoms with Gasteiger partial charge in [0.05, 0.1) is 13.7 Å². The molecule has 148 valence electrons. The van der Waals surface area contributed by atoms with E-state index in [1.807, 2.05) is 18.2 Å². The lowest BCUT2D eigenvalue weighted by atomic mass is 10.1. The Morgan fingerprint density at radius 1 is 1.11 bits per heavy atom. The highest BCUT2D eigenvalue weighted by atomic mass is 16.5. The van der Waals surface area contributed by atoms with Crippen LogP contribution in [0.25, 0.3) is 6.08 Å². The molecule has 0 atom stereocenters. The molecule has 0 saturated carbocycles. The minimum absolute atomic E-state index is 0.289. The van der Waals surface area contributed by atoms with Crippen molar-refractivity contribution in [2.24, 2.45) is 11.7 Å². The van der Waals surface area contributed by atoms with Crippen LogP contribution in [0, 0.1) is 5.92 Å². The molecule has 0 fully saturated rings. The molecule has 0 saturated heterocycles. The molecule has 0 aliphatic carbocycles. The van der Waals surface area contributed by atoms with E-state index in [1.54, 1.807) is 37.5 Å². The second kappa shape index (κ2) is 10.2. The van der Waals surface area contributed by atoms with E-state index in [-0.39, 0.29) is 5.91 Å². The number of nitrogens with two attached hydrogens (primary N) is 1. The molecule has 0 radical (unpaired) electrons.